The number of rotatable bonds is 5. The molecule has 1 unspecified atom stereocenters. The zero-order valence-corrected chi connectivity index (χ0v) is 18.7. The Morgan fingerprint density at radius 3 is 2.41 bits per heavy atom. The first-order chi connectivity index (χ1) is 16.3. The number of aromatic hydroxyl groups is 1. The molecule has 1 saturated heterocycles. The van der Waals surface area contributed by atoms with Gasteiger partial charge < -0.3 is 27.2 Å². The molecule has 11 heteroatoms. The maximum absolute atomic E-state index is 12.2. The molecule has 0 bridgehead atoms. The number of para-hydroxylation sites is 1. The molecule has 7 N–H and O–H groups in total. The number of halogens is 1. The Labute approximate surface area is 200 Å². The van der Waals surface area contributed by atoms with Gasteiger partial charge in [0.2, 0.25) is 11.9 Å². The number of nitrogen functional groups attached to an aromatic ring is 1. The van der Waals surface area contributed by atoms with Crippen molar-refractivity contribution < 1.29 is 19.5 Å². The van der Waals surface area contributed by atoms with Gasteiger partial charge in [-0.1, -0.05) is 29.8 Å². The Morgan fingerprint density at radius 2 is 1.79 bits per heavy atom. The summed E-state index contributed by atoms with van der Waals surface area (Å²) in [5, 5.41) is 15.9. The molecule has 0 spiro atoms. The number of aromatic nitrogens is 2. The summed E-state index contributed by atoms with van der Waals surface area (Å²) in [6.07, 6.45) is 2.43. The normalized spacial score (nSPS) is 14.6. The van der Waals surface area contributed by atoms with E-state index in [-0.39, 0.29) is 40.0 Å². The van der Waals surface area contributed by atoms with Crippen LogP contribution in [0.2, 0.25) is 5.02 Å². The van der Waals surface area contributed by atoms with Crippen molar-refractivity contribution in [1.29, 1.82) is 0 Å². The predicted molar refractivity (Wildman–Crippen MR) is 127 cm³/mol. The number of phenolic OH excluding ortho intramolecular Hbond substituents is 1. The fraction of sp³-hybridized carbons (Fsp3) is 0.174. The van der Waals surface area contributed by atoms with E-state index in [4.69, 9.17) is 23.1 Å². The standard InChI is InChI=1S/C14H10ClNO3.C9H13N5O/c15-11-3-1-2-10(13(11)18)12(17)8-4-6-9(7-5-8)14(16)19;10-9-12-4-2-7(14-9)8(15)13-6-1-3-11-5-6/h1-7,18H,(H2,16,19);2,4,6,11H,1,3,5H2,(H,13,15)(H2,10,12,14). The lowest BCUT2D eigenvalue weighted by Gasteiger charge is -2.10. The molecule has 0 aliphatic carbocycles. The minimum Gasteiger partial charge on any atom is -0.506 e. The highest BCUT2D eigenvalue weighted by atomic mass is 35.5. The summed E-state index contributed by atoms with van der Waals surface area (Å²) in [4.78, 5) is 42.3. The van der Waals surface area contributed by atoms with Crippen LogP contribution in [0.25, 0.3) is 0 Å². The van der Waals surface area contributed by atoms with Crippen LogP contribution in [-0.4, -0.2) is 51.8 Å². The van der Waals surface area contributed by atoms with Gasteiger partial charge in [-0.15, -0.1) is 0 Å². The van der Waals surface area contributed by atoms with Crippen molar-refractivity contribution in [2.45, 2.75) is 12.5 Å². The lowest BCUT2D eigenvalue weighted by atomic mass is 10.0. The molecule has 0 radical (unpaired) electrons. The smallest absolute Gasteiger partial charge is 0.270 e. The molecule has 1 aliphatic heterocycles. The lowest BCUT2D eigenvalue weighted by Crippen LogP contribution is -2.36. The van der Waals surface area contributed by atoms with E-state index in [0.717, 1.165) is 19.5 Å². The van der Waals surface area contributed by atoms with Crippen LogP contribution < -0.4 is 22.1 Å². The second-order valence-electron chi connectivity index (χ2n) is 7.37. The third-order valence-electron chi connectivity index (χ3n) is 4.97. The number of primary amides is 1. The van der Waals surface area contributed by atoms with Crippen molar-refractivity contribution in [3.63, 3.8) is 0 Å². The Balaban J connectivity index is 0.000000196. The molecular formula is C23H23ClN6O4. The molecule has 2 amide bonds. The zero-order valence-electron chi connectivity index (χ0n) is 18.0. The summed E-state index contributed by atoms with van der Waals surface area (Å²) in [6.45, 7) is 1.75. The predicted octanol–water partition coefficient (Wildman–Crippen LogP) is 1.53. The van der Waals surface area contributed by atoms with Crippen LogP contribution in [0.4, 0.5) is 5.95 Å². The number of anilines is 1. The van der Waals surface area contributed by atoms with Gasteiger partial charge >= 0.3 is 0 Å². The van der Waals surface area contributed by atoms with E-state index in [2.05, 4.69) is 20.6 Å². The van der Waals surface area contributed by atoms with E-state index in [1.54, 1.807) is 12.1 Å². The van der Waals surface area contributed by atoms with Gasteiger partial charge in [0, 0.05) is 29.9 Å². The molecule has 0 saturated carbocycles. The number of hydrogen-bond donors (Lipinski definition) is 5. The second kappa shape index (κ2) is 11.2. The largest absolute Gasteiger partial charge is 0.506 e. The second-order valence-corrected chi connectivity index (χ2v) is 7.78. The van der Waals surface area contributed by atoms with E-state index in [1.165, 1.54) is 42.6 Å². The highest BCUT2D eigenvalue weighted by Gasteiger charge is 2.18. The average molecular weight is 483 g/mol. The number of carbonyl (C=O) groups is 3. The zero-order chi connectivity index (χ0) is 24.7. The van der Waals surface area contributed by atoms with Gasteiger partial charge in [0.1, 0.15) is 11.4 Å². The van der Waals surface area contributed by atoms with Crippen molar-refractivity contribution in [1.82, 2.24) is 20.6 Å². The molecule has 1 aliphatic rings. The minimum absolute atomic E-state index is 0.110. The number of phenols is 1. The van der Waals surface area contributed by atoms with Gasteiger partial charge in [0.05, 0.1) is 10.6 Å². The van der Waals surface area contributed by atoms with E-state index in [1.807, 2.05) is 0 Å². The minimum atomic E-state index is -0.565. The quantitative estimate of drug-likeness (QED) is 0.340. The number of carbonyl (C=O) groups excluding carboxylic acids is 3. The lowest BCUT2D eigenvalue weighted by molar-refractivity contribution is 0.0933. The molecule has 10 nitrogen and oxygen atoms in total. The summed E-state index contributed by atoms with van der Waals surface area (Å²) in [5.74, 6) is -1.28. The van der Waals surface area contributed by atoms with Gasteiger partial charge in [0.15, 0.2) is 5.78 Å². The summed E-state index contributed by atoms with van der Waals surface area (Å²) in [5.41, 5.74) is 11.6. The number of nitrogens with one attached hydrogen (secondary N) is 2. The van der Waals surface area contributed by atoms with Gasteiger partial charge in [-0.05, 0) is 43.3 Å². The molecule has 3 aromatic rings. The summed E-state index contributed by atoms with van der Waals surface area (Å²) in [7, 11) is 0. The van der Waals surface area contributed by atoms with Crippen molar-refractivity contribution in [2.24, 2.45) is 5.73 Å². The SMILES string of the molecule is NC(=O)c1ccc(C(=O)c2cccc(Cl)c2O)cc1.Nc1nccc(C(=O)NC2CCNC2)n1. The van der Waals surface area contributed by atoms with Crippen molar-refractivity contribution >= 4 is 35.1 Å². The summed E-state index contributed by atoms with van der Waals surface area (Å²) in [6, 6.07) is 12.1. The van der Waals surface area contributed by atoms with Crippen LogP contribution in [-0.2, 0) is 0 Å². The molecule has 34 heavy (non-hydrogen) atoms. The van der Waals surface area contributed by atoms with Crippen molar-refractivity contribution in [3.8, 4) is 5.75 Å². The van der Waals surface area contributed by atoms with Crippen LogP contribution >= 0.6 is 11.6 Å². The number of hydrogen-bond acceptors (Lipinski definition) is 8. The number of benzene rings is 2. The topological polar surface area (TPSA) is 173 Å². The van der Waals surface area contributed by atoms with Crippen LogP contribution in [0.15, 0.2) is 54.7 Å². The summed E-state index contributed by atoms with van der Waals surface area (Å²) >= 11 is 5.75. The van der Waals surface area contributed by atoms with Gasteiger partial charge in [0.25, 0.3) is 5.91 Å². The molecule has 4 rings (SSSR count). The molecule has 1 fully saturated rings. The first-order valence-electron chi connectivity index (χ1n) is 10.3. The maximum atomic E-state index is 12.2. The Morgan fingerprint density at radius 1 is 1.09 bits per heavy atom. The molecule has 1 atom stereocenters. The van der Waals surface area contributed by atoms with Crippen LogP contribution in [0.3, 0.4) is 0 Å². The highest BCUT2D eigenvalue weighted by Crippen LogP contribution is 2.28. The first kappa shape index (κ1) is 24.6. The molecule has 176 valence electrons. The van der Waals surface area contributed by atoms with E-state index in [9.17, 15) is 19.5 Å². The van der Waals surface area contributed by atoms with Gasteiger partial charge in [-0.3, -0.25) is 14.4 Å². The Kier molecular flexibility index (Phi) is 8.12. The van der Waals surface area contributed by atoms with Crippen LogP contribution in [0.5, 0.6) is 5.75 Å². The monoisotopic (exact) mass is 482 g/mol. The van der Waals surface area contributed by atoms with Crippen LogP contribution in [0, 0.1) is 0 Å². The fourth-order valence-corrected chi connectivity index (χ4v) is 3.35. The number of nitrogens with two attached hydrogens (primary N) is 2. The molecule has 2 heterocycles. The van der Waals surface area contributed by atoms with E-state index < -0.39 is 5.91 Å². The number of nitrogens with zero attached hydrogens (tertiary/aromatic N) is 2. The first-order valence-corrected chi connectivity index (χ1v) is 10.7. The van der Waals surface area contributed by atoms with Gasteiger partial charge in [-0.25, -0.2) is 9.97 Å². The molecular weight excluding hydrogens is 460 g/mol. The van der Waals surface area contributed by atoms with Crippen molar-refractivity contribution in [3.05, 3.63) is 82.1 Å². The highest BCUT2D eigenvalue weighted by molar-refractivity contribution is 6.33. The number of ketones is 1. The summed E-state index contributed by atoms with van der Waals surface area (Å²) < 4.78 is 0. The molecule has 1 aromatic heterocycles. The van der Waals surface area contributed by atoms with E-state index in [0.29, 0.717) is 16.8 Å². The third kappa shape index (κ3) is 6.27. The third-order valence-corrected chi connectivity index (χ3v) is 5.27. The van der Waals surface area contributed by atoms with Crippen LogP contribution in [0.1, 0.15) is 43.2 Å². The Bertz CT molecular complexity index is 1200. The Hall–Kier alpha value is -4.02. The van der Waals surface area contributed by atoms with E-state index >= 15 is 0 Å². The van der Waals surface area contributed by atoms with Gasteiger partial charge in [-0.2, -0.15) is 0 Å². The maximum Gasteiger partial charge on any atom is 0.270 e. The fourth-order valence-electron chi connectivity index (χ4n) is 3.18. The average Bonchev–Trinajstić information content (AvgIpc) is 3.34. The number of amides is 2. The molecule has 2 aromatic carbocycles. The van der Waals surface area contributed by atoms with Crippen molar-refractivity contribution in [2.75, 3.05) is 18.8 Å².